The number of thiazole rings is 1. The van der Waals surface area contributed by atoms with E-state index in [0.29, 0.717) is 5.69 Å². The molecule has 0 spiro atoms. The number of ether oxygens (including phenoxy) is 1. The zero-order valence-electron chi connectivity index (χ0n) is 12.1. The van der Waals surface area contributed by atoms with Crippen LogP contribution < -0.4 is 5.73 Å². The fourth-order valence-electron chi connectivity index (χ4n) is 1.90. The third kappa shape index (κ3) is 3.49. The summed E-state index contributed by atoms with van der Waals surface area (Å²) < 4.78 is 6.93. The van der Waals surface area contributed by atoms with Crippen molar-refractivity contribution in [3.05, 3.63) is 34.6 Å². The Morgan fingerprint density at radius 1 is 1.38 bits per heavy atom. The Hall–Kier alpha value is -2.15. The highest BCUT2D eigenvalue weighted by atomic mass is 32.1. The lowest BCUT2D eigenvalue weighted by Gasteiger charge is -2.08. The number of nitrogens with zero attached hydrogens (tertiary/aromatic N) is 2. The summed E-state index contributed by atoms with van der Waals surface area (Å²) in [5.41, 5.74) is 7.82. The van der Waals surface area contributed by atoms with Crippen molar-refractivity contribution >= 4 is 23.2 Å². The van der Waals surface area contributed by atoms with Crippen LogP contribution in [0.1, 0.15) is 24.0 Å². The normalized spacial score (nSPS) is 12.1. The number of nitrogens with two attached hydrogens (primary N) is 1. The average Bonchev–Trinajstić information content (AvgIpc) is 2.96. The van der Waals surface area contributed by atoms with Gasteiger partial charge in [0.05, 0.1) is 12.1 Å². The van der Waals surface area contributed by atoms with Crippen molar-refractivity contribution in [1.82, 2.24) is 9.55 Å². The van der Waals surface area contributed by atoms with Crippen molar-refractivity contribution in [2.45, 2.75) is 33.3 Å². The number of hydrogen-bond acceptors (Lipinski definition) is 5. The van der Waals surface area contributed by atoms with E-state index in [1.54, 1.807) is 0 Å². The fraction of sp³-hybridized carbons (Fsp3) is 0.357. The highest BCUT2D eigenvalue weighted by Crippen LogP contribution is 2.20. The van der Waals surface area contributed by atoms with Gasteiger partial charge in [0.25, 0.3) is 5.91 Å². The second kappa shape index (κ2) is 6.09. The molecular formula is C14H17N3O3S. The van der Waals surface area contributed by atoms with Crippen molar-refractivity contribution in [3.63, 3.8) is 0 Å². The van der Waals surface area contributed by atoms with Crippen molar-refractivity contribution < 1.29 is 14.3 Å². The molecule has 6 nitrogen and oxygen atoms in total. The zero-order chi connectivity index (χ0) is 15.6. The van der Waals surface area contributed by atoms with E-state index in [0.717, 1.165) is 16.5 Å². The third-order valence-corrected chi connectivity index (χ3v) is 3.91. The predicted molar refractivity (Wildman–Crippen MR) is 79.4 cm³/mol. The quantitative estimate of drug-likeness (QED) is 0.848. The molecule has 2 aromatic rings. The summed E-state index contributed by atoms with van der Waals surface area (Å²) in [7, 11) is 0. The van der Waals surface area contributed by atoms with Gasteiger partial charge in [0.15, 0.2) is 11.2 Å². The van der Waals surface area contributed by atoms with Crippen LogP contribution >= 0.6 is 11.3 Å². The number of amides is 1. The molecule has 0 saturated heterocycles. The molecule has 0 radical (unpaired) electrons. The predicted octanol–water partition coefficient (Wildman–Crippen LogP) is 1.51. The van der Waals surface area contributed by atoms with E-state index in [1.807, 2.05) is 35.9 Å². The summed E-state index contributed by atoms with van der Waals surface area (Å²) in [5.74, 6) is -1.18. The topological polar surface area (TPSA) is 87.2 Å². The molecule has 0 saturated carbocycles. The lowest BCUT2D eigenvalue weighted by Crippen LogP contribution is -2.31. The highest BCUT2D eigenvalue weighted by Gasteiger charge is 2.16. The molecule has 21 heavy (non-hydrogen) atoms. The van der Waals surface area contributed by atoms with Crippen LogP contribution in [0.4, 0.5) is 0 Å². The van der Waals surface area contributed by atoms with Crippen LogP contribution in [-0.2, 0) is 20.7 Å². The van der Waals surface area contributed by atoms with Crippen molar-refractivity contribution in [3.8, 4) is 5.13 Å². The minimum atomic E-state index is -0.926. The first-order valence-corrected chi connectivity index (χ1v) is 7.35. The first-order chi connectivity index (χ1) is 9.88. The first kappa shape index (κ1) is 15.2. The Morgan fingerprint density at radius 3 is 2.57 bits per heavy atom. The summed E-state index contributed by atoms with van der Waals surface area (Å²) in [6.45, 7) is 5.44. The summed E-state index contributed by atoms with van der Waals surface area (Å²) in [6, 6.07) is 4.03. The molecule has 2 rings (SSSR count). The minimum Gasteiger partial charge on any atom is -0.452 e. The second-order valence-electron chi connectivity index (χ2n) is 4.78. The van der Waals surface area contributed by atoms with Crippen molar-refractivity contribution in [2.75, 3.05) is 0 Å². The Morgan fingerprint density at radius 2 is 2.00 bits per heavy atom. The molecule has 0 aromatic carbocycles. The number of aromatic nitrogens is 2. The van der Waals surface area contributed by atoms with Crippen molar-refractivity contribution in [2.24, 2.45) is 5.73 Å². The summed E-state index contributed by atoms with van der Waals surface area (Å²) >= 11 is 1.46. The van der Waals surface area contributed by atoms with Gasteiger partial charge in [-0.1, -0.05) is 0 Å². The minimum absolute atomic E-state index is 0.0213. The van der Waals surface area contributed by atoms with Crippen LogP contribution in [0.3, 0.4) is 0 Å². The number of rotatable bonds is 5. The second-order valence-corrected chi connectivity index (χ2v) is 5.62. The van der Waals surface area contributed by atoms with E-state index in [2.05, 4.69) is 4.98 Å². The molecule has 0 unspecified atom stereocenters. The summed E-state index contributed by atoms with van der Waals surface area (Å²) in [5, 5.41) is 2.62. The van der Waals surface area contributed by atoms with Gasteiger partial charge in [0.1, 0.15) is 0 Å². The fourth-order valence-corrected chi connectivity index (χ4v) is 2.84. The van der Waals surface area contributed by atoms with Gasteiger partial charge in [-0.15, -0.1) is 11.3 Å². The SMILES string of the molecule is Cc1ccc(C)n1-c1nc(CC(=O)O[C@@H](C)C(N)=O)cs1. The van der Waals surface area contributed by atoms with Crippen molar-refractivity contribution in [1.29, 1.82) is 0 Å². The van der Waals surface area contributed by atoms with E-state index in [4.69, 9.17) is 10.5 Å². The molecule has 0 bridgehead atoms. The average molecular weight is 307 g/mol. The maximum absolute atomic E-state index is 11.7. The zero-order valence-corrected chi connectivity index (χ0v) is 12.9. The van der Waals surface area contributed by atoms with Gasteiger partial charge in [0.2, 0.25) is 0 Å². The number of esters is 1. The number of primary amides is 1. The third-order valence-electron chi connectivity index (χ3n) is 3.04. The Labute approximate surface area is 126 Å². The molecule has 1 amide bonds. The Bertz CT molecular complexity index is 655. The van der Waals surface area contributed by atoms with Gasteiger partial charge in [-0.2, -0.15) is 0 Å². The van der Waals surface area contributed by atoms with E-state index < -0.39 is 18.0 Å². The molecular weight excluding hydrogens is 290 g/mol. The maximum atomic E-state index is 11.7. The smallest absolute Gasteiger partial charge is 0.312 e. The lowest BCUT2D eigenvalue weighted by atomic mass is 10.3. The van der Waals surface area contributed by atoms with Crippen LogP contribution in [-0.4, -0.2) is 27.5 Å². The molecule has 7 heteroatoms. The van der Waals surface area contributed by atoms with Crippen LogP contribution in [0, 0.1) is 13.8 Å². The van der Waals surface area contributed by atoms with Gasteiger partial charge < -0.3 is 10.5 Å². The van der Waals surface area contributed by atoms with Gasteiger partial charge in [-0.25, -0.2) is 4.98 Å². The number of hydrogen-bond donors (Lipinski definition) is 1. The van der Waals surface area contributed by atoms with Gasteiger partial charge in [-0.3, -0.25) is 14.2 Å². The Balaban J connectivity index is 2.07. The molecule has 2 N–H and O–H groups in total. The van der Waals surface area contributed by atoms with E-state index in [9.17, 15) is 9.59 Å². The van der Waals surface area contributed by atoms with Gasteiger partial charge in [-0.05, 0) is 32.9 Å². The molecule has 2 aromatic heterocycles. The molecule has 1 atom stereocenters. The van der Waals surface area contributed by atoms with Crippen LogP contribution in [0.25, 0.3) is 5.13 Å². The van der Waals surface area contributed by atoms with E-state index in [1.165, 1.54) is 18.3 Å². The number of carbonyl (C=O) groups is 2. The molecule has 0 fully saturated rings. The lowest BCUT2D eigenvalue weighted by molar-refractivity contribution is -0.153. The molecule has 112 valence electrons. The van der Waals surface area contributed by atoms with E-state index in [-0.39, 0.29) is 6.42 Å². The monoisotopic (exact) mass is 307 g/mol. The summed E-state index contributed by atoms with van der Waals surface area (Å²) in [4.78, 5) is 27.0. The van der Waals surface area contributed by atoms with Gasteiger partial charge in [0, 0.05) is 16.8 Å². The molecule has 0 aliphatic heterocycles. The molecule has 0 aliphatic carbocycles. The number of carbonyl (C=O) groups excluding carboxylic acids is 2. The highest BCUT2D eigenvalue weighted by molar-refractivity contribution is 7.12. The van der Waals surface area contributed by atoms with E-state index >= 15 is 0 Å². The standard InChI is InChI=1S/C14H17N3O3S/c1-8-4-5-9(2)17(8)14-16-11(7-21-14)6-12(18)20-10(3)13(15)19/h4-5,7,10H,6H2,1-3H3,(H2,15,19)/t10-/m0/s1. The molecule has 2 heterocycles. The molecule has 0 aliphatic rings. The van der Waals surface area contributed by atoms with Crippen LogP contribution in [0.15, 0.2) is 17.5 Å². The van der Waals surface area contributed by atoms with Crippen LogP contribution in [0.2, 0.25) is 0 Å². The van der Waals surface area contributed by atoms with Gasteiger partial charge >= 0.3 is 5.97 Å². The Kier molecular flexibility index (Phi) is 4.42. The number of aryl methyl sites for hydroxylation is 2. The largest absolute Gasteiger partial charge is 0.452 e. The first-order valence-electron chi connectivity index (χ1n) is 6.47. The van der Waals surface area contributed by atoms with Crippen LogP contribution in [0.5, 0.6) is 0 Å². The summed E-state index contributed by atoms with van der Waals surface area (Å²) in [6.07, 6.45) is -0.905. The maximum Gasteiger partial charge on any atom is 0.312 e.